The smallest absolute Gasteiger partial charge is 0.202 e. The molecule has 2 saturated heterocycles. The molecule has 0 spiro atoms. The number of nitrogens with zero attached hydrogens (tertiary/aromatic N) is 4. The number of aryl methyl sites for hydroxylation is 2. The Balaban J connectivity index is 1.37. The second kappa shape index (κ2) is 13.6. The van der Waals surface area contributed by atoms with Crippen LogP contribution in [0.3, 0.4) is 0 Å². The lowest BCUT2D eigenvalue weighted by molar-refractivity contribution is -0.137. The lowest BCUT2D eigenvalue weighted by atomic mass is 10.1. The molecule has 2 aromatic carbocycles. The molecule has 1 unspecified atom stereocenters. The lowest BCUT2D eigenvalue weighted by Gasteiger charge is -2.26. The summed E-state index contributed by atoms with van der Waals surface area (Å²) in [4.78, 5) is 16.4. The molecule has 0 radical (unpaired) electrons. The van der Waals surface area contributed by atoms with E-state index in [4.69, 9.17) is 28.7 Å². The maximum atomic E-state index is 6.14. The first-order valence-corrected chi connectivity index (χ1v) is 14.5. The van der Waals surface area contributed by atoms with Gasteiger partial charge in [0.1, 0.15) is 12.4 Å². The normalized spacial score (nSPS) is 19.2. The summed E-state index contributed by atoms with van der Waals surface area (Å²) in [7, 11) is 1.63. The summed E-state index contributed by atoms with van der Waals surface area (Å²) in [5.41, 5.74) is 3.91. The number of fused-ring (bicyclic) bond motifs is 1. The average Bonchev–Trinajstić information content (AvgIpc) is 3.34. The van der Waals surface area contributed by atoms with Crippen molar-refractivity contribution in [2.24, 2.45) is 4.99 Å². The van der Waals surface area contributed by atoms with Gasteiger partial charge >= 0.3 is 0 Å². The minimum Gasteiger partial charge on any atom is -0.493 e. The van der Waals surface area contributed by atoms with E-state index in [0.717, 1.165) is 61.5 Å². The number of nitrogens with one attached hydrogen (secondary N) is 2. The number of para-hydroxylation sites is 1. The minimum atomic E-state index is -0.606. The van der Waals surface area contributed by atoms with E-state index in [2.05, 4.69) is 51.5 Å². The van der Waals surface area contributed by atoms with Crippen LogP contribution >= 0.6 is 0 Å². The third kappa shape index (κ3) is 7.65. The third-order valence-electron chi connectivity index (χ3n) is 7.39. The number of ether oxygens (including phenoxy) is 5. The molecule has 11 heteroatoms. The summed E-state index contributed by atoms with van der Waals surface area (Å²) >= 11 is 0. The molecule has 0 saturated carbocycles. The molecule has 1 atom stereocenters. The standard InChI is InChI=1S/C31H42N6O5/c1-21-8-6-9-22(2)28(21)35-30(32-18-23-19-41-31(3,4)42-23)36-29-24-16-26(38-5)27(17-25(24)33-20-34-29)40-13-7-10-37-11-14-39-15-12-37/h6,8-9,16-17,20,23H,7,10-15,18-19H2,1-5H3,(H2,32,33,34,35,36). The van der Waals surface area contributed by atoms with Crippen LogP contribution in [0.15, 0.2) is 41.7 Å². The zero-order valence-corrected chi connectivity index (χ0v) is 25.2. The molecule has 42 heavy (non-hydrogen) atoms. The van der Waals surface area contributed by atoms with Crippen LogP contribution in [0.5, 0.6) is 11.5 Å². The van der Waals surface area contributed by atoms with Gasteiger partial charge in [0.2, 0.25) is 5.96 Å². The number of benzene rings is 2. The fourth-order valence-electron chi connectivity index (χ4n) is 5.13. The molecule has 0 aliphatic carbocycles. The van der Waals surface area contributed by atoms with Crippen LogP contribution in [0.1, 0.15) is 31.4 Å². The van der Waals surface area contributed by atoms with E-state index in [1.165, 1.54) is 6.33 Å². The Bertz CT molecular complexity index is 1370. The third-order valence-corrected chi connectivity index (χ3v) is 7.39. The molecular weight excluding hydrogens is 536 g/mol. The van der Waals surface area contributed by atoms with Gasteiger partial charge in [-0.25, -0.2) is 9.97 Å². The van der Waals surface area contributed by atoms with Crippen LogP contribution in [0.25, 0.3) is 10.9 Å². The summed E-state index contributed by atoms with van der Waals surface area (Å²) in [5, 5.41) is 7.66. The van der Waals surface area contributed by atoms with E-state index in [9.17, 15) is 0 Å². The highest BCUT2D eigenvalue weighted by molar-refractivity contribution is 5.99. The van der Waals surface area contributed by atoms with Gasteiger partial charge in [-0.3, -0.25) is 4.90 Å². The number of guanidine groups is 1. The van der Waals surface area contributed by atoms with Crippen LogP contribution in [-0.2, 0) is 14.2 Å². The Hall–Kier alpha value is -3.51. The largest absolute Gasteiger partial charge is 0.493 e. The Labute approximate surface area is 247 Å². The van der Waals surface area contributed by atoms with Crippen molar-refractivity contribution in [1.82, 2.24) is 20.2 Å². The van der Waals surface area contributed by atoms with Gasteiger partial charge in [-0.15, -0.1) is 0 Å². The lowest BCUT2D eigenvalue weighted by Crippen LogP contribution is -2.38. The van der Waals surface area contributed by atoms with Gasteiger partial charge < -0.3 is 34.3 Å². The van der Waals surface area contributed by atoms with Crippen LogP contribution in [-0.4, -0.2) is 92.4 Å². The molecule has 2 fully saturated rings. The molecule has 3 heterocycles. The number of methoxy groups -OCH3 is 1. The molecule has 226 valence electrons. The SMILES string of the molecule is COc1cc2c(/N=C(\NCC3COC(C)(C)O3)Nc3c(C)cccc3C)ncnc2cc1OCCCN1CCOCC1. The molecule has 2 aliphatic heterocycles. The van der Waals surface area contributed by atoms with Gasteiger partial charge in [0, 0.05) is 43.3 Å². The molecule has 5 rings (SSSR count). The van der Waals surface area contributed by atoms with Crippen molar-refractivity contribution in [3.8, 4) is 11.5 Å². The molecule has 11 nitrogen and oxygen atoms in total. The topological polar surface area (TPSA) is 112 Å². The predicted octanol–water partition coefficient (Wildman–Crippen LogP) is 4.20. The second-order valence-corrected chi connectivity index (χ2v) is 11.1. The molecule has 0 bridgehead atoms. The number of hydrogen-bond donors (Lipinski definition) is 2. The average molecular weight is 579 g/mol. The van der Waals surface area contributed by atoms with Gasteiger partial charge in [-0.1, -0.05) is 18.2 Å². The number of aromatic nitrogens is 2. The van der Waals surface area contributed by atoms with Crippen LogP contribution in [0.4, 0.5) is 11.5 Å². The highest BCUT2D eigenvalue weighted by Gasteiger charge is 2.32. The summed E-state index contributed by atoms with van der Waals surface area (Å²) < 4.78 is 29.0. The molecule has 2 N–H and O–H groups in total. The molecule has 1 aromatic heterocycles. The first-order chi connectivity index (χ1) is 20.3. The molecule has 0 amide bonds. The van der Waals surface area contributed by atoms with Gasteiger partial charge in [-0.05, 0) is 51.3 Å². The van der Waals surface area contributed by atoms with Gasteiger partial charge in [0.25, 0.3) is 0 Å². The number of hydrogen-bond acceptors (Lipinski definition) is 9. The van der Waals surface area contributed by atoms with Crippen molar-refractivity contribution < 1.29 is 23.7 Å². The zero-order chi connectivity index (χ0) is 29.5. The van der Waals surface area contributed by atoms with Gasteiger partial charge in [-0.2, -0.15) is 4.99 Å². The van der Waals surface area contributed by atoms with E-state index in [0.29, 0.717) is 48.6 Å². The number of morpholine rings is 1. The Kier molecular flexibility index (Phi) is 9.73. The fraction of sp³-hybridized carbons (Fsp3) is 0.516. The van der Waals surface area contributed by atoms with E-state index in [-0.39, 0.29) is 6.10 Å². The van der Waals surface area contributed by atoms with Crippen molar-refractivity contribution in [2.75, 3.05) is 65.0 Å². The van der Waals surface area contributed by atoms with E-state index in [1.807, 2.05) is 32.0 Å². The van der Waals surface area contributed by atoms with E-state index < -0.39 is 5.79 Å². The highest BCUT2D eigenvalue weighted by atomic mass is 16.7. The number of aliphatic imine (C=N–C) groups is 1. The second-order valence-electron chi connectivity index (χ2n) is 11.1. The number of rotatable bonds is 10. The fourth-order valence-corrected chi connectivity index (χ4v) is 5.13. The Morgan fingerprint density at radius 1 is 1.12 bits per heavy atom. The zero-order valence-electron chi connectivity index (χ0n) is 25.2. The minimum absolute atomic E-state index is 0.116. The summed E-state index contributed by atoms with van der Waals surface area (Å²) in [6.07, 6.45) is 2.31. The monoisotopic (exact) mass is 578 g/mol. The van der Waals surface area contributed by atoms with Gasteiger partial charge in [0.05, 0.1) is 39.1 Å². The Morgan fingerprint density at radius 2 is 1.90 bits per heavy atom. The molecule has 2 aliphatic rings. The van der Waals surface area contributed by atoms with Crippen molar-refractivity contribution in [2.45, 2.75) is 46.0 Å². The van der Waals surface area contributed by atoms with Crippen molar-refractivity contribution >= 4 is 28.4 Å². The van der Waals surface area contributed by atoms with Gasteiger partial charge in [0.15, 0.2) is 23.1 Å². The Morgan fingerprint density at radius 3 is 2.62 bits per heavy atom. The molecule has 3 aromatic rings. The summed E-state index contributed by atoms with van der Waals surface area (Å²) in [5.74, 6) is 1.70. The predicted molar refractivity (Wildman–Crippen MR) is 163 cm³/mol. The molecular formula is C31H42N6O5. The maximum absolute atomic E-state index is 6.14. The van der Waals surface area contributed by atoms with Crippen LogP contribution < -0.4 is 20.1 Å². The quantitative estimate of drug-likeness (QED) is 0.206. The summed E-state index contributed by atoms with van der Waals surface area (Å²) in [6.45, 7) is 14.0. The first-order valence-electron chi connectivity index (χ1n) is 14.5. The summed E-state index contributed by atoms with van der Waals surface area (Å²) in [6, 6.07) is 9.95. The van der Waals surface area contributed by atoms with Crippen LogP contribution in [0, 0.1) is 13.8 Å². The van der Waals surface area contributed by atoms with Crippen molar-refractivity contribution in [3.63, 3.8) is 0 Å². The number of anilines is 1. The van der Waals surface area contributed by atoms with Crippen LogP contribution in [0.2, 0.25) is 0 Å². The van der Waals surface area contributed by atoms with E-state index >= 15 is 0 Å². The van der Waals surface area contributed by atoms with E-state index in [1.54, 1.807) is 7.11 Å². The van der Waals surface area contributed by atoms with Crippen molar-refractivity contribution in [3.05, 3.63) is 47.8 Å². The highest BCUT2D eigenvalue weighted by Crippen LogP contribution is 2.35. The maximum Gasteiger partial charge on any atom is 0.202 e. The van der Waals surface area contributed by atoms with Crippen molar-refractivity contribution in [1.29, 1.82) is 0 Å². The first kappa shape index (κ1) is 30.0.